The molecular formula is C21H19F5N4O3. The molecule has 0 aliphatic carbocycles. The van der Waals surface area contributed by atoms with Crippen LogP contribution in [0.5, 0.6) is 0 Å². The van der Waals surface area contributed by atoms with E-state index >= 15 is 0 Å². The number of halogens is 5. The predicted molar refractivity (Wildman–Crippen MR) is 108 cm³/mol. The molecule has 3 aromatic rings. The first-order valence-corrected chi connectivity index (χ1v) is 10.1. The maximum Gasteiger partial charge on any atom is 0.419 e. The van der Waals surface area contributed by atoms with Crippen molar-refractivity contribution in [1.29, 1.82) is 0 Å². The molecule has 2 aromatic heterocycles. The minimum atomic E-state index is -4.95. The lowest BCUT2D eigenvalue weighted by molar-refractivity contribution is -0.140. The van der Waals surface area contributed by atoms with Crippen LogP contribution >= 0.6 is 0 Å². The van der Waals surface area contributed by atoms with Crippen molar-refractivity contribution >= 4 is 16.9 Å². The molecule has 1 saturated heterocycles. The van der Waals surface area contributed by atoms with Crippen molar-refractivity contribution < 1.29 is 31.9 Å². The topological polar surface area (TPSA) is 80.4 Å². The minimum absolute atomic E-state index is 0.00483. The van der Waals surface area contributed by atoms with E-state index in [0.717, 1.165) is 17.0 Å². The SMILES string of the molecule is O=C(Cn1cnc2c(c(-c3ccc(F)c(C(F)(F)F)c3)cn2CCO)c1=O)N1CCC(F)C1. The molecule has 1 N–H and O–H groups in total. The Bertz CT molecular complexity index is 1270. The van der Waals surface area contributed by atoms with E-state index < -0.39 is 41.7 Å². The second-order valence-electron chi connectivity index (χ2n) is 7.75. The Labute approximate surface area is 183 Å². The fourth-order valence-electron chi connectivity index (χ4n) is 3.93. The average molecular weight is 470 g/mol. The lowest BCUT2D eigenvalue weighted by Crippen LogP contribution is -2.35. The van der Waals surface area contributed by atoms with Crippen LogP contribution in [0.1, 0.15) is 12.0 Å². The number of aliphatic hydroxyl groups is 1. The van der Waals surface area contributed by atoms with E-state index in [1.165, 1.54) is 15.7 Å². The van der Waals surface area contributed by atoms with Crippen LogP contribution in [0.2, 0.25) is 0 Å². The minimum Gasteiger partial charge on any atom is -0.395 e. The monoisotopic (exact) mass is 470 g/mol. The zero-order valence-corrected chi connectivity index (χ0v) is 17.1. The van der Waals surface area contributed by atoms with Crippen molar-refractivity contribution in [2.45, 2.75) is 31.9 Å². The first kappa shape index (κ1) is 22.9. The number of amides is 1. The van der Waals surface area contributed by atoms with Gasteiger partial charge in [0.1, 0.15) is 30.5 Å². The van der Waals surface area contributed by atoms with E-state index in [0.29, 0.717) is 12.1 Å². The highest BCUT2D eigenvalue weighted by atomic mass is 19.4. The first-order valence-electron chi connectivity index (χ1n) is 10.1. The molecule has 176 valence electrons. The van der Waals surface area contributed by atoms with Gasteiger partial charge in [-0.15, -0.1) is 0 Å². The quantitative estimate of drug-likeness (QED) is 0.582. The van der Waals surface area contributed by atoms with Crippen LogP contribution in [0.25, 0.3) is 22.2 Å². The summed E-state index contributed by atoms with van der Waals surface area (Å²) in [6.07, 6.45) is -3.40. The molecule has 0 bridgehead atoms. The molecule has 7 nitrogen and oxygen atoms in total. The molecule has 33 heavy (non-hydrogen) atoms. The van der Waals surface area contributed by atoms with E-state index in [1.807, 2.05) is 0 Å². The molecule has 1 unspecified atom stereocenters. The molecule has 1 atom stereocenters. The smallest absolute Gasteiger partial charge is 0.395 e. The Morgan fingerprint density at radius 3 is 2.64 bits per heavy atom. The Kier molecular flexibility index (Phi) is 5.95. The number of aromatic nitrogens is 3. The molecule has 0 radical (unpaired) electrons. The predicted octanol–water partition coefficient (Wildman–Crippen LogP) is 2.59. The van der Waals surface area contributed by atoms with Gasteiger partial charge in [-0.05, 0) is 24.1 Å². The zero-order chi connectivity index (χ0) is 23.9. The van der Waals surface area contributed by atoms with Crippen LogP contribution < -0.4 is 5.56 Å². The molecule has 0 spiro atoms. The van der Waals surface area contributed by atoms with E-state index in [2.05, 4.69) is 4.98 Å². The molecule has 3 heterocycles. The van der Waals surface area contributed by atoms with Crippen molar-refractivity contribution in [2.75, 3.05) is 19.7 Å². The van der Waals surface area contributed by atoms with Gasteiger partial charge in [-0.3, -0.25) is 14.2 Å². The third-order valence-electron chi connectivity index (χ3n) is 5.56. The number of carbonyl (C=O) groups is 1. The van der Waals surface area contributed by atoms with Gasteiger partial charge in [0.25, 0.3) is 5.56 Å². The summed E-state index contributed by atoms with van der Waals surface area (Å²) in [7, 11) is 0. The molecule has 1 aliphatic rings. The fourth-order valence-corrected chi connectivity index (χ4v) is 3.93. The van der Waals surface area contributed by atoms with Gasteiger partial charge in [0.15, 0.2) is 0 Å². The Hall–Kier alpha value is -3.28. The summed E-state index contributed by atoms with van der Waals surface area (Å²) >= 11 is 0. The van der Waals surface area contributed by atoms with Gasteiger partial charge in [-0.2, -0.15) is 13.2 Å². The molecule has 4 rings (SSSR count). The fraction of sp³-hybridized carbons (Fsp3) is 0.381. The number of hydrogen-bond donors (Lipinski definition) is 1. The van der Waals surface area contributed by atoms with Crippen molar-refractivity contribution in [3.63, 3.8) is 0 Å². The van der Waals surface area contributed by atoms with Crippen LogP contribution in [-0.4, -0.2) is 55.9 Å². The largest absolute Gasteiger partial charge is 0.419 e. The molecule has 12 heteroatoms. The third-order valence-corrected chi connectivity index (χ3v) is 5.56. The number of fused-ring (bicyclic) bond motifs is 1. The van der Waals surface area contributed by atoms with Gasteiger partial charge in [-0.25, -0.2) is 13.8 Å². The summed E-state index contributed by atoms with van der Waals surface area (Å²) in [5, 5.41) is 9.24. The molecular weight excluding hydrogens is 451 g/mol. The van der Waals surface area contributed by atoms with Gasteiger partial charge < -0.3 is 14.6 Å². The highest BCUT2D eigenvalue weighted by Crippen LogP contribution is 2.36. The third kappa shape index (κ3) is 4.34. The van der Waals surface area contributed by atoms with Crippen molar-refractivity contribution in [1.82, 2.24) is 19.0 Å². The Balaban J connectivity index is 1.82. The van der Waals surface area contributed by atoms with E-state index in [4.69, 9.17) is 0 Å². The maximum atomic E-state index is 13.8. The van der Waals surface area contributed by atoms with Crippen LogP contribution in [0.3, 0.4) is 0 Å². The summed E-state index contributed by atoms with van der Waals surface area (Å²) in [5.41, 5.74) is -2.12. The maximum absolute atomic E-state index is 13.8. The van der Waals surface area contributed by atoms with Gasteiger partial charge in [-0.1, -0.05) is 6.07 Å². The summed E-state index contributed by atoms with van der Waals surface area (Å²) in [6.45, 7) is -0.597. The number of aliphatic hydroxyl groups excluding tert-OH is 1. The summed E-state index contributed by atoms with van der Waals surface area (Å²) in [4.78, 5) is 31.1. The molecule has 1 amide bonds. The Morgan fingerprint density at radius 1 is 1.24 bits per heavy atom. The van der Waals surface area contributed by atoms with Crippen LogP contribution in [0.15, 0.2) is 35.5 Å². The van der Waals surface area contributed by atoms with E-state index in [1.54, 1.807) is 0 Å². The number of alkyl halides is 4. The lowest BCUT2D eigenvalue weighted by Gasteiger charge is -2.16. The highest BCUT2D eigenvalue weighted by Gasteiger charge is 2.34. The van der Waals surface area contributed by atoms with Crippen molar-refractivity contribution in [3.05, 3.63) is 52.5 Å². The van der Waals surface area contributed by atoms with Gasteiger partial charge in [0.05, 0.1) is 24.1 Å². The van der Waals surface area contributed by atoms with Crippen LogP contribution in [0.4, 0.5) is 22.0 Å². The number of hydrogen-bond acceptors (Lipinski definition) is 4. The van der Waals surface area contributed by atoms with Gasteiger partial charge >= 0.3 is 6.18 Å². The van der Waals surface area contributed by atoms with Gasteiger partial charge in [0, 0.05) is 24.8 Å². The van der Waals surface area contributed by atoms with Gasteiger partial charge in [0.2, 0.25) is 5.91 Å². The summed E-state index contributed by atoms with van der Waals surface area (Å²) in [6, 6.07) is 2.36. The highest BCUT2D eigenvalue weighted by molar-refractivity contribution is 5.93. The molecule has 1 aromatic carbocycles. The average Bonchev–Trinajstić information content (AvgIpc) is 3.34. The second-order valence-corrected chi connectivity index (χ2v) is 7.75. The molecule has 1 fully saturated rings. The zero-order valence-electron chi connectivity index (χ0n) is 17.1. The normalized spacial score (nSPS) is 16.7. The standard InChI is InChI=1S/C21H19F5N4O3/c22-13-3-4-28(8-13)17(32)10-30-11-27-19-18(20(30)33)14(9-29(19)5-6-31)12-1-2-16(23)15(7-12)21(24,25)26/h1-2,7,9,11,13,31H,3-6,8,10H2. The number of carbonyl (C=O) groups excluding carboxylic acids is 1. The number of benzene rings is 1. The lowest BCUT2D eigenvalue weighted by atomic mass is 10.0. The summed E-state index contributed by atoms with van der Waals surface area (Å²) in [5.74, 6) is -1.95. The van der Waals surface area contributed by atoms with Crippen LogP contribution in [0, 0.1) is 5.82 Å². The van der Waals surface area contributed by atoms with Crippen LogP contribution in [-0.2, 0) is 24.1 Å². The number of likely N-dealkylation sites (tertiary alicyclic amines) is 1. The van der Waals surface area contributed by atoms with E-state index in [9.17, 15) is 36.6 Å². The number of rotatable bonds is 5. The second kappa shape index (κ2) is 8.58. The Morgan fingerprint density at radius 2 is 2.00 bits per heavy atom. The molecule has 1 aliphatic heterocycles. The van der Waals surface area contributed by atoms with Crippen molar-refractivity contribution in [2.24, 2.45) is 0 Å². The first-order chi connectivity index (χ1) is 15.6. The van der Waals surface area contributed by atoms with E-state index in [-0.39, 0.29) is 54.8 Å². The van der Waals surface area contributed by atoms with Crippen molar-refractivity contribution in [3.8, 4) is 11.1 Å². The molecule has 0 saturated carbocycles. The number of nitrogens with zero attached hydrogens (tertiary/aromatic N) is 4. The summed E-state index contributed by atoms with van der Waals surface area (Å²) < 4.78 is 69.2.